The second-order valence-corrected chi connectivity index (χ2v) is 6.48. The summed E-state index contributed by atoms with van der Waals surface area (Å²) >= 11 is 0. The summed E-state index contributed by atoms with van der Waals surface area (Å²) in [6, 6.07) is 10.2. The zero-order valence-electron chi connectivity index (χ0n) is 16.1. The molecule has 28 heavy (non-hydrogen) atoms. The van der Waals surface area contributed by atoms with Gasteiger partial charge in [-0.3, -0.25) is 9.59 Å². The minimum absolute atomic E-state index is 0.139. The van der Waals surface area contributed by atoms with Crippen LogP contribution in [0.4, 0.5) is 4.39 Å². The van der Waals surface area contributed by atoms with E-state index in [1.165, 1.54) is 26.4 Å². The van der Waals surface area contributed by atoms with E-state index in [0.717, 1.165) is 5.56 Å². The van der Waals surface area contributed by atoms with Gasteiger partial charge in [-0.1, -0.05) is 19.1 Å². The normalized spacial score (nSPS) is 12.7. The fourth-order valence-electron chi connectivity index (χ4n) is 2.96. The van der Waals surface area contributed by atoms with Crippen LogP contribution in [0.25, 0.3) is 0 Å². The number of rotatable bonds is 9. The number of methoxy groups -OCH3 is 2. The highest BCUT2D eigenvalue weighted by molar-refractivity contribution is 5.78. The van der Waals surface area contributed by atoms with Crippen LogP contribution in [0.15, 0.2) is 42.5 Å². The average molecular weight is 389 g/mol. The number of benzene rings is 2. The molecule has 2 aromatic carbocycles. The molecule has 0 aliphatic heterocycles. The Balaban J connectivity index is 2.16. The van der Waals surface area contributed by atoms with Crippen molar-refractivity contribution in [2.75, 3.05) is 14.2 Å². The van der Waals surface area contributed by atoms with Gasteiger partial charge in [0.25, 0.3) is 0 Å². The number of carboxylic acids is 1. The highest BCUT2D eigenvalue weighted by Gasteiger charge is 2.23. The Kier molecular flexibility index (Phi) is 7.37. The number of aliphatic carboxylic acids is 1. The van der Waals surface area contributed by atoms with Crippen LogP contribution in [0.1, 0.15) is 42.9 Å². The van der Waals surface area contributed by atoms with E-state index in [1.54, 1.807) is 30.3 Å². The Labute approximate surface area is 163 Å². The van der Waals surface area contributed by atoms with Crippen molar-refractivity contribution in [3.63, 3.8) is 0 Å². The van der Waals surface area contributed by atoms with Crippen LogP contribution in [0.3, 0.4) is 0 Å². The fourth-order valence-corrected chi connectivity index (χ4v) is 2.96. The number of halogens is 1. The Morgan fingerprint density at radius 3 is 2.32 bits per heavy atom. The standard InChI is InChI=1S/C21H24FNO5/c1-13(14-4-6-15(22)7-5-14)10-20(24)23-18(12-21(25)26)17-9-8-16(27-2)11-19(17)28-3/h4-9,11,13,18H,10,12H2,1-3H3,(H,23,24)(H,25,26). The van der Waals surface area contributed by atoms with Gasteiger partial charge in [-0.15, -0.1) is 0 Å². The van der Waals surface area contributed by atoms with E-state index in [9.17, 15) is 19.1 Å². The van der Waals surface area contributed by atoms with Crippen molar-refractivity contribution >= 4 is 11.9 Å². The zero-order chi connectivity index (χ0) is 20.7. The summed E-state index contributed by atoms with van der Waals surface area (Å²) < 4.78 is 23.6. The SMILES string of the molecule is COc1ccc(C(CC(=O)O)NC(=O)CC(C)c2ccc(F)cc2)c(OC)c1. The van der Waals surface area contributed by atoms with Gasteiger partial charge >= 0.3 is 5.97 Å². The first-order chi connectivity index (χ1) is 13.3. The molecule has 0 heterocycles. The summed E-state index contributed by atoms with van der Waals surface area (Å²) in [5, 5.41) is 12.0. The number of hydrogen-bond donors (Lipinski definition) is 2. The van der Waals surface area contributed by atoms with Gasteiger partial charge in [-0.25, -0.2) is 4.39 Å². The second-order valence-electron chi connectivity index (χ2n) is 6.48. The van der Waals surface area contributed by atoms with Crippen molar-refractivity contribution in [1.29, 1.82) is 0 Å². The van der Waals surface area contributed by atoms with E-state index < -0.39 is 12.0 Å². The second kappa shape index (κ2) is 9.73. The summed E-state index contributed by atoms with van der Waals surface area (Å²) in [6.07, 6.45) is -0.153. The Morgan fingerprint density at radius 2 is 1.75 bits per heavy atom. The van der Waals surface area contributed by atoms with Gasteiger partial charge in [0.2, 0.25) is 5.91 Å². The smallest absolute Gasteiger partial charge is 0.305 e. The van der Waals surface area contributed by atoms with Gasteiger partial charge in [0.1, 0.15) is 17.3 Å². The lowest BCUT2D eigenvalue weighted by molar-refractivity contribution is -0.137. The summed E-state index contributed by atoms with van der Waals surface area (Å²) in [4.78, 5) is 23.8. The van der Waals surface area contributed by atoms with E-state index in [-0.39, 0.29) is 30.5 Å². The molecule has 0 saturated carbocycles. The van der Waals surface area contributed by atoms with Gasteiger partial charge in [0.05, 0.1) is 26.7 Å². The molecule has 2 aromatic rings. The maximum atomic E-state index is 13.1. The van der Waals surface area contributed by atoms with Crippen LogP contribution in [-0.4, -0.2) is 31.2 Å². The van der Waals surface area contributed by atoms with E-state index >= 15 is 0 Å². The maximum Gasteiger partial charge on any atom is 0.305 e. The van der Waals surface area contributed by atoms with Gasteiger partial charge in [0, 0.05) is 18.1 Å². The lowest BCUT2D eigenvalue weighted by Gasteiger charge is -2.21. The molecule has 0 fully saturated rings. The number of nitrogens with one attached hydrogen (secondary N) is 1. The van der Waals surface area contributed by atoms with Crippen LogP contribution < -0.4 is 14.8 Å². The number of carboxylic acid groups (broad SMARTS) is 1. The molecule has 0 spiro atoms. The maximum absolute atomic E-state index is 13.1. The quantitative estimate of drug-likeness (QED) is 0.684. The molecule has 2 N–H and O–H groups in total. The first-order valence-corrected chi connectivity index (χ1v) is 8.82. The number of carbonyl (C=O) groups excluding carboxylic acids is 1. The highest BCUT2D eigenvalue weighted by atomic mass is 19.1. The summed E-state index contributed by atoms with van der Waals surface area (Å²) in [5.41, 5.74) is 1.38. The topological polar surface area (TPSA) is 84.9 Å². The van der Waals surface area contributed by atoms with Gasteiger partial charge in [-0.05, 0) is 35.7 Å². The van der Waals surface area contributed by atoms with Crippen molar-refractivity contribution in [2.24, 2.45) is 0 Å². The fraction of sp³-hybridized carbons (Fsp3) is 0.333. The molecule has 0 aliphatic carbocycles. The van der Waals surface area contributed by atoms with Gasteiger partial charge in [-0.2, -0.15) is 0 Å². The first-order valence-electron chi connectivity index (χ1n) is 8.82. The van der Waals surface area contributed by atoms with Crippen LogP contribution in [0, 0.1) is 5.82 Å². The molecule has 2 atom stereocenters. The summed E-state index contributed by atoms with van der Waals surface area (Å²) in [6.45, 7) is 1.85. The molecular weight excluding hydrogens is 365 g/mol. The highest BCUT2D eigenvalue weighted by Crippen LogP contribution is 2.31. The molecule has 0 aromatic heterocycles. The van der Waals surface area contributed by atoms with Gasteiger partial charge < -0.3 is 19.9 Å². The third-order valence-electron chi connectivity index (χ3n) is 4.46. The molecule has 150 valence electrons. The van der Waals surface area contributed by atoms with Crippen molar-refractivity contribution in [2.45, 2.75) is 31.7 Å². The third kappa shape index (κ3) is 5.70. The third-order valence-corrected chi connectivity index (χ3v) is 4.46. The zero-order valence-corrected chi connectivity index (χ0v) is 16.1. The number of hydrogen-bond acceptors (Lipinski definition) is 4. The van der Waals surface area contributed by atoms with Crippen LogP contribution >= 0.6 is 0 Å². The van der Waals surface area contributed by atoms with E-state index in [0.29, 0.717) is 17.1 Å². The molecular formula is C21H24FNO5. The number of ether oxygens (including phenoxy) is 2. The lowest BCUT2D eigenvalue weighted by atomic mass is 9.96. The minimum atomic E-state index is -1.05. The van der Waals surface area contributed by atoms with Crippen LogP contribution in [0.5, 0.6) is 11.5 Å². The molecule has 1 amide bonds. The monoisotopic (exact) mass is 389 g/mol. The average Bonchev–Trinajstić information content (AvgIpc) is 2.66. The molecule has 2 unspecified atom stereocenters. The Bertz CT molecular complexity index is 822. The largest absolute Gasteiger partial charge is 0.497 e. The van der Waals surface area contributed by atoms with Crippen LogP contribution in [0.2, 0.25) is 0 Å². The Hall–Kier alpha value is -3.09. The molecule has 6 nitrogen and oxygen atoms in total. The Morgan fingerprint density at radius 1 is 1.07 bits per heavy atom. The predicted octanol–water partition coefficient (Wildman–Crippen LogP) is 3.67. The number of carbonyl (C=O) groups is 2. The lowest BCUT2D eigenvalue weighted by Crippen LogP contribution is -2.31. The number of amides is 1. The predicted molar refractivity (Wildman–Crippen MR) is 102 cm³/mol. The molecule has 0 radical (unpaired) electrons. The van der Waals surface area contributed by atoms with Crippen LogP contribution in [-0.2, 0) is 9.59 Å². The molecule has 2 rings (SSSR count). The van der Waals surface area contributed by atoms with Crippen molar-refractivity contribution < 1.29 is 28.6 Å². The van der Waals surface area contributed by atoms with Crippen molar-refractivity contribution in [1.82, 2.24) is 5.32 Å². The summed E-state index contributed by atoms with van der Waals surface area (Å²) in [5.74, 6) is -0.850. The minimum Gasteiger partial charge on any atom is -0.497 e. The van der Waals surface area contributed by atoms with Gasteiger partial charge in [0.15, 0.2) is 0 Å². The van der Waals surface area contributed by atoms with E-state index in [1.807, 2.05) is 6.92 Å². The first kappa shape index (κ1) is 21.2. The molecule has 0 saturated heterocycles. The van der Waals surface area contributed by atoms with E-state index in [4.69, 9.17) is 9.47 Å². The van der Waals surface area contributed by atoms with Crippen molar-refractivity contribution in [3.8, 4) is 11.5 Å². The molecule has 0 bridgehead atoms. The molecule has 0 aliphatic rings. The van der Waals surface area contributed by atoms with Crippen molar-refractivity contribution in [3.05, 3.63) is 59.4 Å². The summed E-state index contributed by atoms with van der Waals surface area (Å²) in [7, 11) is 2.98. The van der Waals surface area contributed by atoms with E-state index in [2.05, 4.69) is 5.32 Å². The molecule has 7 heteroatoms.